The molecule has 0 aliphatic heterocycles. The van der Waals surface area contributed by atoms with Gasteiger partial charge in [-0.25, -0.2) is 0 Å². The van der Waals surface area contributed by atoms with Gasteiger partial charge in [0.1, 0.15) is 35.9 Å². The monoisotopic (exact) mass is 624 g/mol. The molecule has 5 aromatic carbocycles. The number of aliphatic hydroxyl groups is 2. The summed E-state index contributed by atoms with van der Waals surface area (Å²) in [6, 6.07) is 37.0. The first-order chi connectivity index (χ1) is 19.0. The van der Waals surface area contributed by atoms with Gasteiger partial charge in [0.25, 0.3) is 0 Å². The summed E-state index contributed by atoms with van der Waals surface area (Å²) in [6.45, 7) is 0.825. The van der Waals surface area contributed by atoms with Gasteiger partial charge in [0.15, 0.2) is 0 Å². The molecule has 3 aliphatic carbocycles. The van der Waals surface area contributed by atoms with Crippen LogP contribution in [0.5, 0.6) is 11.5 Å². The van der Waals surface area contributed by atoms with Gasteiger partial charge in [0, 0.05) is 20.3 Å². The Kier molecular flexibility index (Phi) is 5.77. The zero-order valence-corrected chi connectivity index (χ0v) is 23.1. The van der Waals surface area contributed by atoms with Crippen molar-refractivity contribution < 1.29 is 19.7 Å². The van der Waals surface area contributed by atoms with Gasteiger partial charge in [-0.2, -0.15) is 0 Å². The SMILES string of the molecule is OC12c3ccc(I)cc3C(O)(c3ccc(OCc4ccccc4)cc31)c1cc(OCc3ccccc3)ccc12. The third-order valence-corrected chi connectivity index (χ3v) is 8.47. The lowest BCUT2D eigenvalue weighted by molar-refractivity contribution is 0.0487. The van der Waals surface area contributed by atoms with Gasteiger partial charge < -0.3 is 19.7 Å². The number of hydrogen-bond acceptors (Lipinski definition) is 4. The predicted molar refractivity (Wildman–Crippen MR) is 158 cm³/mol. The minimum absolute atomic E-state index is 0.412. The quantitative estimate of drug-likeness (QED) is 0.208. The van der Waals surface area contributed by atoms with Gasteiger partial charge >= 0.3 is 0 Å². The van der Waals surface area contributed by atoms with E-state index in [4.69, 9.17) is 9.47 Å². The van der Waals surface area contributed by atoms with Crippen molar-refractivity contribution in [2.75, 3.05) is 0 Å². The Morgan fingerprint density at radius 1 is 0.487 bits per heavy atom. The maximum absolute atomic E-state index is 12.6. The second kappa shape index (κ2) is 9.23. The van der Waals surface area contributed by atoms with Gasteiger partial charge in [-0.3, -0.25) is 0 Å². The first kappa shape index (κ1) is 24.4. The summed E-state index contributed by atoms with van der Waals surface area (Å²) in [4.78, 5) is 0. The lowest BCUT2D eigenvalue weighted by atomic mass is 9.56. The highest BCUT2D eigenvalue weighted by Gasteiger charge is 2.58. The molecule has 0 saturated heterocycles. The first-order valence-electron chi connectivity index (χ1n) is 12.9. The number of benzene rings is 5. The molecule has 5 aromatic rings. The predicted octanol–water partition coefficient (Wildman–Crippen LogP) is 6.64. The van der Waals surface area contributed by atoms with Gasteiger partial charge in [-0.15, -0.1) is 0 Å². The van der Waals surface area contributed by atoms with Crippen LogP contribution in [0.1, 0.15) is 44.5 Å². The molecule has 8 rings (SSSR count). The van der Waals surface area contributed by atoms with Crippen LogP contribution < -0.4 is 9.47 Å². The first-order valence-corrected chi connectivity index (χ1v) is 13.9. The van der Waals surface area contributed by atoms with E-state index in [1.807, 2.05) is 115 Å². The average molecular weight is 624 g/mol. The summed E-state index contributed by atoms with van der Waals surface area (Å²) in [7, 11) is 0. The Bertz CT molecular complexity index is 1700. The fourth-order valence-electron chi connectivity index (χ4n) is 5.94. The van der Waals surface area contributed by atoms with Gasteiger partial charge in [-0.05, 0) is 86.8 Å². The minimum atomic E-state index is -1.45. The Labute approximate surface area is 240 Å². The molecule has 2 N–H and O–H groups in total. The molecule has 2 unspecified atom stereocenters. The molecular weight excluding hydrogens is 599 g/mol. The van der Waals surface area contributed by atoms with Crippen LogP contribution in [0.15, 0.2) is 115 Å². The van der Waals surface area contributed by atoms with E-state index in [1.165, 1.54) is 0 Å². The molecule has 192 valence electrons. The van der Waals surface area contributed by atoms with Crippen molar-refractivity contribution in [3.05, 3.63) is 163 Å². The highest BCUT2D eigenvalue weighted by atomic mass is 127. The van der Waals surface area contributed by atoms with E-state index in [-0.39, 0.29) is 0 Å². The molecule has 4 nitrogen and oxygen atoms in total. The maximum Gasteiger partial charge on any atom is 0.141 e. The van der Waals surface area contributed by atoms with E-state index in [9.17, 15) is 10.2 Å². The Morgan fingerprint density at radius 2 is 0.897 bits per heavy atom. The van der Waals surface area contributed by atoms with Crippen LogP contribution in [-0.2, 0) is 24.4 Å². The van der Waals surface area contributed by atoms with Crippen molar-refractivity contribution in [3.63, 3.8) is 0 Å². The van der Waals surface area contributed by atoms with Crippen LogP contribution in [0.2, 0.25) is 0 Å². The fourth-order valence-corrected chi connectivity index (χ4v) is 6.43. The molecule has 0 saturated carbocycles. The summed E-state index contributed by atoms with van der Waals surface area (Å²) in [5.41, 5.74) is 3.17. The van der Waals surface area contributed by atoms with E-state index in [1.54, 1.807) is 0 Å². The minimum Gasteiger partial charge on any atom is -0.489 e. The fraction of sp³-hybridized carbons (Fsp3) is 0.118. The molecule has 0 fully saturated rings. The van der Waals surface area contributed by atoms with E-state index < -0.39 is 11.2 Å². The number of rotatable bonds is 6. The van der Waals surface area contributed by atoms with Crippen molar-refractivity contribution in [3.8, 4) is 11.5 Å². The van der Waals surface area contributed by atoms with Crippen molar-refractivity contribution in [1.82, 2.24) is 0 Å². The topological polar surface area (TPSA) is 58.9 Å². The van der Waals surface area contributed by atoms with Crippen LogP contribution in [-0.4, -0.2) is 10.2 Å². The standard InChI is InChI=1S/C34H25IO4/c35-24-11-14-27-30(17-24)34(37)29-16-13-25(38-20-22-7-3-1-4-8-22)18-31(29)33(27,36)28-15-12-26(19-32(28)34)39-21-23-9-5-2-6-10-23/h1-19,36-37H,20-21H2. The zero-order chi connectivity index (χ0) is 26.6. The summed E-state index contributed by atoms with van der Waals surface area (Å²) >= 11 is 2.25. The van der Waals surface area contributed by atoms with Crippen LogP contribution in [0.4, 0.5) is 0 Å². The largest absolute Gasteiger partial charge is 0.489 e. The highest BCUT2D eigenvalue weighted by molar-refractivity contribution is 14.1. The molecule has 0 heterocycles. The van der Waals surface area contributed by atoms with E-state index >= 15 is 0 Å². The molecule has 3 aliphatic rings. The molecule has 39 heavy (non-hydrogen) atoms. The molecule has 2 atom stereocenters. The zero-order valence-electron chi connectivity index (χ0n) is 21.0. The lowest BCUT2D eigenvalue weighted by Gasteiger charge is -2.51. The Morgan fingerprint density at radius 3 is 1.38 bits per heavy atom. The van der Waals surface area contributed by atoms with Crippen molar-refractivity contribution in [2.24, 2.45) is 0 Å². The third-order valence-electron chi connectivity index (χ3n) is 7.80. The maximum atomic E-state index is 12.6. The molecule has 5 heteroatoms. The third kappa shape index (κ3) is 3.79. The van der Waals surface area contributed by atoms with Crippen LogP contribution in [0.25, 0.3) is 0 Å². The summed E-state index contributed by atoms with van der Waals surface area (Å²) in [6.07, 6.45) is 0. The summed E-state index contributed by atoms with van der Waals surface area (Å²) < 4.78 is 13.2. The smallest absolute Gasteiger partial charge is 0.141 e. The second-order valence-electron chi connectivity index (χ2n) is 10.1. The Hall–Kier alpha value is -3.65. The van der Waals surface area contributed by atoms with Crippen LogP contribution >= 0.6 is 22.6 Å². The van der Waals surface area contributed by atoms with Gasteiger partial charge in [0.05, 0.1) is 0 Å². The molecular formula is C34H25IO4. The Balaban J connectivity index is 1.33. The van der Waals surface area contributed by atoms with Gasteiger partial charge in [0.2, 0.25) is 0 Å². The van der Waals surface area contributed by atoms with Crippen molar-refractivity contribution in [2.45, 2.75) is 24.4 Å². The number of halogens is 1. The number of ether oxygens (including phenoxy) is 2. The van der Waals surface area contributed by atoms with E-state index in [0.29, 0.717) is 58.1 Å². The molecule has 0 spiro atoms. The molecule has 0 aromatic heterocycles. The molecule has 0 radical (unpaired) electrons. The van der Waals surface area contributed by atoms with E-state index in [0.717, 1.165) is 14.7 Å². The van der Waals surface area contributed by atoms with Crippen LogP contribution in [0.3, 0.4) is 0 Å². The number of hydrogen-bond donors (Lipinski definition) is 2. The lowest BCUT2D eigenvalue weighted by Crippen LogP contribution is -2.50. The van der Waals surface area contributed by atoms with Crippen LogP contribution in [0, 0.1) is 3.57 Å². The van der Waals surface area contributed by atoms with Crippen molar-refractivity contribution >= 4 is 22.6 Å². The summed E-state index contributed by atoms with van der Waals surface area (Å²) in [5, 5.41) is 25.2. The molecule has 2 bridgehead atoms. The van der Waals surface area contributed by atoms with E-state index in [2.05, 4.69) is 22.6 Å². The van der Waals surface area contributed by atoms with Gasteiger partial charge in [-0.1, -0.05) is 78.9 Å². The normalized spacial score (nSPS) is 20.1. The summed E-state index contributed by atoms with van der Waals surface area (Å²) in [5.74, 6) is 1.28. The average Bonchev–Trinajstić information content (AvgIpc) is 2.98. The van der Waals surface area contributed by atoms with Crippen molar-refractivity contribution in [1.29, 1.82) is 0 Å². The highest BCUT2D eigenvalue weighted by Crippen LogP contribution is 2.60. The molecule has 0 amide bonds. The second-order valence-corrected chi connectivity index (χ2v) is 11.3.